The largest absolute Gasteiger partial charge is 0.325 e. The molecule has 1 aromatic carbocycles. The Morgan fingerprint density at radius 3 is 2.48 bits per heavy atom. The summed E-state index contributed by atoms with van der Waals surface area (Å²) in [6.45, 7) is 0. The predicted octanol–water partition coefficient (Wildman–Crippen LogP) is 4.42. The molecule has 6 heteroatoms. The van der Waals surface area contributed by atoms with Crippen LogP contribution in [0.15, 0.2) is 73.2 Å². The molecule has 5 nitrogen and oxygen atoms in total. The predicted molar refractivity (Wildman–Crippen MR) is 94.7 cm³/mol. The molecule has 3 aromatic heterocycles. The molecule has 0 bridgehead atoms. The average Bonchev–Trinajstić information content (AvgIpc) is 3.13. The third kappa shape index (κ3) is 3.23. The Balaban J connectivity index is 1.68. The van der Waals surface area contributed by atoms with Crippen LogP contribution in [-0.2, 0) is 0 Å². The van der Waals surface area contributed by atoms with Crippen LogP contribution in [0.3, 0.4) is 0 Å². The highest BCUT2D eigenvalue weighted by Gasteiger charge is 2.11. The molecule has 0 saturated heterocycles. The number of nitrogens with zero attached hydrogens (tertiary/aromatic N) is 3. The Hall–Kier alpha value is -3.54. The van der Waals surface area contributed by atoms with Crippen LogP contribution in [-0.4, -0.2) is 20.2 Å². The van der Waals surface area contributed by atoms with Gasteiger partial charge in [0.1, 0.15) is 17.5 Å². The quantitative estimate of drug-likeness (QED) is 0.581. The summed E-state index contributed by atoms with van der Waals surface area (Å²) in [6.07, 6.45) is 5.19. The topological polar surface area (TPSA) is 66.5 Å². The molecular weight excluding hydrogens is 317 g/mol. The lowest BCUT2D eigenvalue weighted by atomic mass is 10.0. The molecule has 0 atom stereocenters. The Kier molecular flexibility index (Phi) is 3.92. The van der Waals surface area contributed by atoms with E-state index >= 15 is 0 Å². The van der Waals surface area contributed by atoms with Crippen LogP contribution in [0.4, 0.5) is 16.0 Å². The fraction of sp³-hybridized carbons (Fsp3) is 0. The summed E-state index contributed by atoms with van der Waals surface area (Å²) in [5, 5.41) is 10.3. The number of anilines is 2. The van der Waals surface area contributed by atoms with Crippen molar-refractivity contribution in [2.24, 2.45) is 0 Å². The minimum absolute atomic E-state index is 0.268. The van der Waals surface area contributed by atoms with E-state index in [4.69, 9.17) is 0 Å². The van der Waals surface area contributed by atoms with Gasteiger partial charge in [0.2, 0.25) is 0 Å². The van der Waals surface area contributed by atoms with Gasteiger partial charge in [-0.25, -0.2) is 14.4 Å². The zero-order chi connectivity index (χ0) is 17.1. The van der Waals surface area contributed by atoms with Gasteiger partial charge in [0.05, 0.1) is 11.9 Å². The second-order valence-corrected chi connectivity index (χ2v) is 5.44. The number of benzene rings is 1. The number of aromatic amines is 1. The number of aromatic nitrogens is 4. The molecular formula is C19H14FN5. The molecule has 0 amide bonds. The first kappa shape index (κ1) is 15.0. The van der Waals surface area contributed by atoms with Gasteiger partial charge in [0, 0.05) is 23.5 Å². The molecule has 0 aliphatic rings. The monoisotopic (exact) mass is 331 g/mol. The fourth-order valence-corrected chi connectivity index (χ4v) is 2.58. The van der Waals surface area contributed by atoms with E-state index in [1.165, 1.54) is 12.1 Å². The molecule has 0 aliphatic carbocycles. The summed E-state index contributed by atoms with van der Waals surface area (Å²) in [4.78, 5) is 8.56. The van der Waals surface area contributed by atoms with E-state index in [2.05, 4.69) is 25.5 Å². The number of halogens is 1. The summed E-state index contributed by atoms with van der Waals surface area (Å²) >= 11 is 0. The number of H-pyrrole nitrogens is 1. The number of pyridine rings is 2. The van der Waals surface area contributed by atoms with Crippen molar-refractivity contribution in [2.75, 3.05) is 5.32 Å². The molecule has 4 aromatic rings. The highest BCUT2D eigenvalue weighted by molar-refractivity contribution is 5.81. The highest BCUT2D eigenvalue weighted by Crippen LogP contribution is 2.31. The lowest BCUT2D eigenvalue weighted by molar-refractivity contribution is 0.628. The normalized spacial score (nSPS) is 10.6. The minimum Gasteiger partial charge on any atom is -0.325 e. The molecule has 4 rings (SSSR count). The minimum atomic E-state index is -0.268. The van der Waals surface area contributed by atoms with Crippen LogP contribution in [0.5, 0.6) is 0 Å². The highest BCUT2D eigenvalue weighted by atomic mass is 19.1. The van der Waals surface area contributed by atoms with Gasteiger partial charge in [-0.3, -0.25) is 5.10 Å². The Labute approximate surface area is 143 Å². The van der Waals surface area contributed by atoms with Crippen molar-refractivity contribution in [1.29, 1.82) is 0 Å². The van der Waals surface area contributed by atoms with Gasteiger partial charge in [-0.2, -0.15) is 5.10 Å². The maximum Gasteiger partial charge on any atom is 0.132 e. The maximum absolute atomic E-state index is 13.2. The van der Waals surface area contributed by atoms with Crippen molar-refractivity contribution in [3.8, 4) is 22.4 Å². The van der Waals surface area contributed by atoms with Crippen molar-refractivity contribution in [1.82, 2.24) is 20.2 Å². The van der Waals surface area contributed by atoms with E-state index in [1.807, 2.05) is 30.3 Å². The summed E-state index contributed by atoms with van der Waals surface area (Å²) < 4.78 is 13.2. The van der Waals surface area contributed by atoms with Crippen LogP contribution in [0.1, 0.15) is 0 Å². The van der Waals surface area contributed by atoms with Crippen molar-refractivity contribution < 1.29 is 4.39 Å². The molecule has 2 N–H and O–H groups in total. The zero-order valence-electron chi connectivity index (χ0n) is 13.1. The maximum atomic E-state index is 13.2. The fourth-order valence-electron chi connectivity index (χ4n) is 2.58. The van der Waals surface area contributed by atoms with Gasteiger partial charge < -0.3 is 5.32 Å². The summed E-state index contributed by atoms with van der Waals surface area (Å²) in [6, 6.07) is 15.8. The summed E-state index contributed by atoms with van der Waals surface area (Å²) in [5.74, 6) is 1.14. The van der Waals surface area contributed by atoms with Gasteiger partial charge in [0.15, 0.2) is 0 Å². The summed E-state index contributed by atoms with van der Waals surface area (Å²) in [5.41, 5.74) is 3.56. The number of rotatable bonds is 4. The van der Waals surface area contributed by atoms with Gasteiger partial charge in [0.25, 0.3) is 0 Å². The SMILES string of the molecule is Fc1ccc(-c2[nH]ncc2-c2ccnc(Nc3ccccn3)c2)cc1. The van der Waals surface area contributed by atoms with E-state index in [0.717, 1.165) is 28.2 Å². The molecule has 0 aliphatic heterocycles. The molecule has 0 unspecified atom stereocenters. The first-order valence-electron chi connectivity index (χ1n) is 7.73. The second-order valence-electron chi connectivity index (χ2n) is 5.44. The van der Waals surface area contributed by atoms with Crippen molar-refractivity contribution in [3.63, 3.8) is 0 Å². The molecule has 0 saturated carbocycles. The van der Waals surface area contributed by atoms with E-state index in [1.54, 1.807) is 30.7 Å². The third-order valence-corrected chi connectivity index (χ3v) is 3.76. The Bertz CT molecular complexity index is 980. The number of hydrogen-bond donors (Lipinski definition) is 2. The van der Waals surface area contributed by atoms with Gasteiger partial charge in [-0.1, -0.05) is 6.07 Å². The molecule has 0 fully saturated rings. The van der Waals surface area contributed by atoms with Crippen LogP contribution >= 0.6 is 0 Å². The van der Waals surface area contributed by atoms with Crippen molar-refractivity contribution in [2.45, 2.75) is 0 Å². The van der Waals surface area contributed by atoms with E-state index in [-0.39, 0.29) is 5.82 Å². The van der Waals surface area contributed by atoms with Crippen LogP contribution in [0, 0.1) is 5.82 Å². The van der Waals surface area contributed by atoms with Gasteiger partial charge in [-0.05, 0) is 54.1 Å². The Morgan fingerprint density at radius 1 is 0.840 bits per heavy atom. The van der Waals surface area contributed by atoms with E-state index in [0.29, 0.717) is 5.82 Å². The van der Waals surface area contributed by atoms with Crippen LogP contribution in [0.2, 0.25) is 0 Å². The van der Waals surface area contributed by atoms with E-state index < -0.39 is 0 Å². The van der Waals surface area contributed by atoms with Gasteiger partial charge >= 0.3 is 0 Å². The van der Waals surface area contributed by atoms with Crippen molar-refractivity contribution >= 4 is 11.6 Å². The molecule has 122 valence electrons. The lowest BCUT2D eigenvalue weighted by Crippen LogP contribution is -1.95. The second kappa shape index (κ2) is 6.52. The Morgan fingerprint density at radius 2 is 1.68 bits per heavy atom. The van der Waals surface area contributed by atoms with Crippen molar-refractivity contribution in [3.05, 3.63) is 79.0 Å². The third-order valence-electron chi connectivity index (χ3n) is 3.76. The molecule has 0 spiro atoms. The summed E-state index contributed by atoms with van der Waals surface area (Å²) in [7, 11) is 0. The smallest absolute Gasteiger partial charge is 0.132 e. The van der Waals surface area contributed by atoms with E-state index in [9.17, 15) is 4.39 Å². The van der Waals surface area contributed by atoms with Crippen LogP contribution < -0.4 is 5.32 Å². The zero-order valence-corrected chi connectivity index (χ0v) is 13.1. The molecule has 3 heterocycles. The first-order valence-corrected chi connectivity index (χ1v) is 7.73. The molecule has 0 radical (unpaired) electrons. The standard InChI is InChI=1S/C19H14FN5/c20-15-6-4-13(5-7-15)19-16(12-23-25-19)14-8-10-22-18(11-14)24-17-3-1-2-9-21-17/h1-12H,(H,23,25)(H,21,22,24). The average molecular weight is 331 g/mol. The van der Waals surface area contributed by atoms with Gasteiger partial charge in [-0.15, -0.1) is 0 Å². The lowest BCUT2D eigenvalue weighted by Gasteiger charge is -2.07. The number of hydrogen-bond acceptors (Lipinski definition) is 4. The van der Waals surface area contributed by atoms with Crippen LogP contribution in [0.25, 0.3) is 22.4 Å². The number of nitrogens with one attached hydrogen (secondary N) is 2. The molecule has 25 heavy (non-hydrogen) atoms. The first-order chi connectivity index (χ1) is 12.3.